The second kappa shape index (κ2) is 8.89. The molecule has 1 atom stereocenters. The Bertz CT molecular complexity index is 775. The van der Waals surface area contributed by atoms with Crippen molar-refractivity contribution < 1.29 is 22.5 Å². The molecule has 0 aliphatic carbocycles. The number of hydrogen-bond donors (Lipinski definition) is 0. The molecule has 0 spiro atoms. The third kappa shape index (κ3) is 5.11. The van der Waals surface area contributed by atoms with Gasteiger partial charge >= 0.3 is 0 Å². The maximum absolute atomic E-state index is 12.5. The molecule has 1 aromatic heterocycles. The Labute approximate surface area is 166 Å². The van der Waals surface area contributed by atoms with Crippen LogP contribution in [0, 0.1) is 6.92 Å². The Balaban J connectivity index is 1.65. The summed E-state index contributed by atoms with van der Waals surface area (Å²) < 4.78 is 35.9. The summed E-state index contributed by atoms with van der Waals surface area (Å²) in [6, 6.07) is 2.14. The highest BCUT2D eigenvalue weighted by Gasteiger charge is 2.36. The number of amides is 1. The van der Waals surface area contributed by atoms with Crippen LogP contribution < -0.4 is 0 Å². The zero-order valence-corrected chi connectivity index (χ0v) is 17.7. The van der Waals surface area contributed by atoms with Gasteiger partial charge in [-0.3, -0.25) is 9.69 Å². The van der Waals surface area contributed by atoms with E-state index in [4.69, 9.17) is 9.26 Å². The second-order valence-corrected chi connectivity index (χ2v) is 9.68. The molecule has 28 heavy (non-hydrogen) atoms. The van der Waals surface area contributed by atoms with Crippen molar-refractivity contribution in [3.05, 3.63) is 17.5 Å². The van der Waals surface area contributed by atoms with Crippen LogP contribution in [0.1, 0.15) is 35.5 Å². The van der Waals surface area contributed by atoms with Crippen molar-refractivity contribution in [3.63, 3.8) is 0 Å². The fraction of sp³-hybridized carbons (Fsp3) is 0.778. The highest BCUT2D eigenvalue weighted by Crippen LogP contribution is 2.24. The number of sulfonamides is 1. The Morgan fingerprint density at radius 1 is 1.25 bits per heavy atom. The molecule has 0 radical (unpaired) electrons. The minimum absolute atomic E-state index is 0.163. The van der Waals surface area contributed by atoms with Crippen LogP contribution >= 0.6 is 0 Å². The maximum atomic E-state index is 12.5. The van der Waals surface area contributed by atoms with E-state index in [1.165, 1.54) is 6.26 Å². The second-order valence-electron chi connectivity index (χ2n) is 7.69. The van der Waals surface area contributed by atoms with Crippen LogP contribution in [0.5, 0.6) is 0 Å². The van der Waals surface area contributed by atoms with Crippen LogP contribution in [0.2, 0.25) is 0 Å². The van der Waals surface area contributed by atoms with E-state index in [0.29, 0.717) is 43.7 Å². The minimum Gasteiger partial charge on any atom is -0.381 e. The third-order valence-corrected chi connectivity index (χ3v) is 6.88. The lowest BCUT2D eigenvalue weighted by molar-refractivity contribution is 0.0157. The summed E-state index contributed by atoms with van der Waals surface area (Å²) in [5, 5.41) is 3.80. The Morgan fingerprint density at radius 3 is 2.54 bits per heavy atom. The summed E-state index contributed by atoms with van der Waals surface area (Å²) in [5.41, 5.74) is 0.307. The molecular weight excluding hydrogens is 384 g/mol. The quantitative estimate of drug-likeness (QED) is 0.643. The van der Waals surface area contributed by atoms with Crippen LogP contribution in [0.15, 0.2) is 10.6 Å². The van der Waals surface area contributed by atoms with Crippen molar-refractivity contribution in [1.29, 1.82) is 0 Å². The number of aryl methyl sites for hydroxylation is 1. The first kappa shape index (κ1) is 21.2. The molecule has 158 valence electrons. The Morgan fingerprint density at radius 2 is 1.96 bits per heavy atom. The van der Waals surface area contributed by atoms with E-state index >= 15 is 0 Å². The van der Waals surface area contributed by atoms with Gasteiger partial charge in [-0.05, 0) is 26.2 Å². The number of hydrogen-bond acceptors (Lipinski definition) is 7. The molecule has 2 aliphatic rings. The lowest BCUT2D eigenvalue weighted by atomic mass is 10.0. The van der Waals surface area contributed by atoms with E-state index in [1.54, 1.807) is 29.2 Å². The van der Waals surface area contributed by atoms with Crippen molar-refractivity contribution in [2.24, 2.45) is 0 Å². The van der Waals surface area contributed by atoms with Crippen LogP contribution in [0.4, 0.5) is 0 Å². The molecule has 2 aliphatic heterocycles. The van der Waals surface area contributed by atoms with Crippen molar-refractivity contribution in [3.8, 4) is 0 Å². The first-order chi connectivity index (χ1) is 13.3. The molecular formula is C18H30N4O5S. The topological polar surface area (TPSA) is 96.2 Å². The predicted octanol–water partition coefficient (Wildman–Crippen LogP) is 0.570. The lowest BCUT2D eigenvalue weighted by Gasteiger charge is -2.39. The van der Waals surface area contributed by atoms with E-state index in [2.05, 4.69) is 10.1 Å². The zero-order chi connectivity index (χ0) is 20.3. The number of likely N-dealkylation sites (N-methyl/N-ethyl adjacent to an activating group) is 1. The number of ether oxygens (including phenoxy) is 1. The van der Waals surface area contributed by atoms with Crippen molar-refractivity contribution >= 4 is 15.9 Å². The number of nitrogens with zero attached hydrogens (tertiary/aromatic N) is 4. The molecule has 0 N–H and O–H groups in total. The number of rotatable bonds is 7. The molecule has 2 fully saturated rings. The predicted molar refractivity (Wildman–Crippen MR) is 104 cm³/mol. The molecule has 1 unspecified atom stereocenters. The maximum Gasteiger partial charge on any atom is 0.275 e. The van der Waals surface area contributed by atoms with Gasteiger partial charge in [0.15, 0.2) is 5.69 Å². The number of aromatic nitrogens is 1. The summed E-state index contributed by atoms with van der Waals surface area (Å²) in [4.78, 5) is 16.6. The molecule has 1 amide bonds. The van der Waals surface area contributed by atoms with E-state index < -0.39 is 10.0 Å². The Kier molecular flexibility index (Phi) is 6.74. The van der Waals surface area contributed by atoms with Gasteiger partial charge in [-0.15, -0.1) is 0 Å². The summed E-state index contributed by atoms with van der Waals surface area (Å²) in [6.07, 6.45) is 3.93. The normalized spacial score (nSPS) is 22.1. The molecule has 2 saturated heterocycles. The fourth-order valence-electron chi connectivity index (χ4n) is 3.99. The zero-order valence-electron chi connectivity index (χ0n) is 16.8. The largest absolute Gasteiger partial charge is 0.381 e. The molecule has 1 aromatic rings. The van der Waals surface area contributed by atoms with Crippen molar-refractivity contribution in [2.45, 2.75) is 38.3 Å². The molecule has 0 aromatic carbocycles. The van der Waals surface area contributed by atoms with Crippen LogP contribution in [-0.2, 0) is 14.8 Å². The SMILES string of the molecule is Cc1cc(C(=O)N(C)CCN(C2CCOCC2)C2CCN(S(C)(=O)=O)C2)no1. The minimum atomic E-state index is -3.18. The van der Waals surface area contributed by atoms with Gasteiger partial charge in [-0.1, -0.05) is 5.16 Å². The monoisotopic (exact) mass is 414 g/mol. The van der Waals surface area contributed by atoms with Gasteiger partial charge in [0.25, 0.3) is 5.91 Å². The number of carbonyl (C=O) groups excluding carboxylic acids is 1. The number of carbonyl (C=O) groups is 1. The van der Waals surface area contributed by atoms with E-state index in [-0.39, 0.29) is 11.9 Å². The van der Waals surface area contributed by atoms with Gasteiger partial charge in [0.2, 0.25) is 10.0 Å². The smallest absolute Gasteiger partial charge is 0.275 e. The average molecular weight is 415 g/mol. The lowest BCUT2D eigenvalue weighted by Crippen LogP contribution is -2.50. The third-order valence-electron chi connectivity index (χ3n) is 5.61. The molecule has 10 heteroatoms. The summed E-state index contributed by atoms with van der Waals surface area (Å²) >= 11 is 0. The molecule has 0 bridgehead atoms. The van der Waals surface area contributed by atoms with E-state index in [1.807, 2.05) is 0 Å². The van der Waals surface area contributed by atoms with Gasteiger partial charge in [-0.2, -0.15) is 0 Å². The van der Waals surface area contributed by atoms with E-state index in [9.17, 15) is 13.2 Å². The van der Waals surface area contributed by atoms with Crippen LogP contribution in [0.25, 0.3) is 0 Å². The molecule has 3 rings (SSSR count). The summed E-state index contributed by atoms with van der Waals surface area (Å²) in [5.74, 6) is 0.431. The van der Waals surface area contributed by atoms with Gasteiger partial charge < -0.3 is 14.2 Å². The molecule has 9 nitrogen and oxygen atoms in total. The first-order valence-electron chi connectivity index (χ1n) is 9.73. The van der Waals surface area contributed by atoms with Gasteiger partial charge in [0.1, 0.15) is 5.76 Å². The molecule has 3 heterocycles. The Hall–Kier alpha value is -1.49. The average Bonchev–Trinajstić information content (AvgIpc) is 3.31. The van der Waals surface area contributed by atoms with Gasteiger partial charge in [0.05, 0.1) is 6.26 Å². The summed E-state index contributed by atoms with van der Waals surface area (Å²) in [6.45, 7) is 5.48. The first-order valence-corrected chi connectivity index (χ1v) is 11.6. The highest BCUT2D eigenvalue weighted by molar-refractivity contribution is 7.88. The van der Waals surface area contributed by atoms with Gasteiger partial charge in [0, 0.05) is 64.6 Å². The van der Waals surface area contributed by atoms with Crippen molar-refractivity contribution in [2.75, 3.05) is 52.7 Å². The standard InChI is InChI=1S/C18H30N4O5S/c1-14-12-17(19-27-14)18(23)20(2)8-9-22(15-5-10-26-11-6-15)16-4-7-21(13-16)28(3,24)25/h12,15-16H,4-11,13H2,1-3H3. The van der Waals surface area contributed by atoms with Gasteiger partial charge in [-0.25, -0.2) is 12.7 Å². The summed E-state index contributed by atoms with van der Waals surface area (Å²) in [7, 11) is -1.42. The van der Waals surface area contributed by atoms with Crippen LogP contribution in [-0.4, -0.2) is 98.4 Å². The highest BCUT2D eigenvalue weighted by atomic mass is 32.2. The van der Waals surface area contributed by atoms with Crippen molar-refractivity contribution in [1.82, 2.24) is 19.3 Å². The van der Waals surface area contributed by atoms with E-state index in [0.717, 1.165) is 32.5 Å². The fourth-order valence-corrected chi connectivity index (χ4v) is 4.87. The molecule has 0 saturated carbocycles. The van der Waals surface area contributed by atoms with Crippen LogP contribution in [0.3, 0.4) is 0 Å².